The average molecular weight is 638 g/mol. The predicted molar refractivity (Wildman–Crippen MR) is 185 cm³/mol. The number of amides is 4. The molecule has 4 aromatic rings. The van der Waals surface area contributed by atoms with Crippen molar-refractivity contribution in [3.8, 4) is 11.5 Å². The maximum atomic E-state index is 13.0. The van der Waals surface area contributed by atoms with Crippen molar-refractivity contribution in [1.29, 1.82) is 0 Å². The van der Waals surface area contributed by atoms with E-state index in [0.29, 0.717) is 45.1 Å². The highest BCUT2D eigenvalue weighted by Gasteiger charge is 2.46. The van der Waals surface area contributed by atoms with Gasteiger partial charge in [-0.05, 0) is 73.9 Å². The minimum atomic E-state index is -0.322. The molecule has 6 radical (unpaired) electrons. The molecule has 0 saturated heterocycles. The Morgan fingerprint density at radius 1 is 0.562 bits per heavy atom. The molecular formula is C36H32B2N4O6. The molecule has 0 saturated carbocycles. The Hall–Kier alpha value is -5.25. The Kier molecular flexibility index (Phi) is 8.36. The highest BCUT2D eigenvalue weighted by atomic mass is 16.3. The number of aromatic hydroxyl groups is 2. The fraction of sp³-hybridized carbons (Fsp3) is 0.278. The summed E-state index contributed by atoms with van der Waals surface area (Å²) < 4.78 is 0. The van der Waals surface area contributed by atoms with Gasteiger partial charge >= 0.3 is 0 Å². The molecule has 0 bridgehead atoms. The van der Waals surface area contributed by atoms with Crippen LogP contribution in [0.3, 0.4) is 0 Å². The molecule has 0 spiro atoms. The van der Waals surface area contributed by atoms with Gasteiger partial charge < -0.3 is 10.2 Å². The van der Waals surface area contributed by atoms with E-state index in [0.717, 1.165) is 21.5 Å². The largest absolute Gasteiger partial charge is 0.508 e. The number of aryl methyl sites for hydroxylation is 2. The van der Waals surface area contributed by atoms with E-state index in [1.807, 2.05) is 45.0 Å². The van der Waals surface area contributed by atoms with E-state index in [9.17, 15) is 29.4 Å². The van der Waals surface area contributed by atoms with Gasteiger partial charge in [-0.3, -0.25) is 29.0 Å². The Labute approximate surface area is 281 Å². The number of amidine groups is 2. The van der Waals surface area contributed by atoms with E-state index in [1.165, 1.54) is 0 Å². The Morgan fingerprint density at radius 2 is 0.979 bits per heavy atom. The summed E-state index contributed by atoms with van der Waals surface area (Å²) >= 11 is 0. The van der Waals surface area contributed by atoms with Crippen LogP contribution >= 0.6 is 0 Å². The Bertz CT molecular complexity index is 2180. The summed E-state index contributed by atoms with van der Waals surface area (Å²) in [6, 6.07) is 13.8. The first-order valence-electron chi connectivity index (χ1n) is 15.3. The van der Waals surface area contributed by atoms with E-state index in [2.05, 4.69) is 9.98 Å². The summed E-state index contributed by atoms with van der Waals surface area (Å²) in [4.78, 5) is 61.6. The molecule has 2 N–H and O–H groups in total. The molecule has 238 valence electrons. The van der Waals surface area contributed by atoms with Crippen LogP contribution in [0.1, 0.15) is 70.7 Å². The van der Waals surface area contributed by atoms with Crippen LogP contribution in [0.4, 0.5) is 0 Å². The lowest BCUT2D eigenvalue weighted by Gasteiger charge is -2.32. The molecular weight excluding hydrogens is 606 g/mol. The fourth-order valence-corrected chi connectivity index (χ4v) is 6.93. The van der Waals surface area contributed by atoms with Gasteiger partial charge in [0.15, 0.2) is 0 Å². The van der Waals surface area contributed by atoms with Crippen LogP contribution in [-0.2, 0) is 9.59 Å². The summed E-state index contributed by atoms with van der Waals surface area (Å²) in [5.74, 6) is -0.152. The molecule has 4 aromatic carbocycles. The van der Waals surface area contributed by atoms with Gasteiger partial charge in [0.05, 0.1) is 23.0 Å². The maximum absolute atomic E-state index is 13.0. The molecule has 10 nitrogen and oxygen atoms in total. The summed E-state index contributed by atoms with van der Waals surface area (Å²) in [6.07, 6.45) is 0. The third kappa shape index (κ3) is 4.57. The predicted octanol–water partition coefficient (Wildman–Crippen LogP) is 4.48. The summed E-state index contributed by atoms with van der Waals surface area (Å²) in [7, 11) is 0. The van der Waals surface area contributed by atoms with E-state index in [-0.39, 0.29) is 75.9 Å². The molecule has 8 rings (SSSR count). The Balaban J connectivity index is 0.000000180. The summed E-state index contributed by atoms with van der Waals surface area (Å²) in [6.45, 7) is 10.9. The topological polar surface area (TPSA) is 140 Å². The molecule has 4 aliphatic heterocycles. The van der Waals surface area contributed by atoms with Gasteiger partial charge in [-0.25, -0.2) is 0 Å². The van der Waals surface area contributed by atoms with Gasteiger partial charge in [-0.15, -0.1) is 0 Å². The molecule has 0 aromatic heterocycles. The first-order chi connectivity index (χ1) is 21.8. The number of benzene rings is 4. The van der Waals surface area contributed by atoms with E-state index in [4.69, 9.17) is 0 Å². The maximum Gasteiger partial charge on any atom is 0.261 e. The van der Waals surface area contributed by atoms with E-state index >= 15 is 0 Å². The number of hydrogen-bond acceptors (Lipinski definition) is 6. The fourth-order valence-electron chi connectivity index (χ4n) is 6.93. The molecule has 2 unspecified atom stereocenters. The van der Waals surface area contributed by atoms with Crippen molar-refractivity contribution in [2.75, 3.05) is 0 Å². The zero-order chi connectivity index (χ0) is 32.9. The molecule has 0 fully saturated rings. The number of nitrogens with zero attached hydrogens (tertiary/aromatic N) is 4. The molecule has 12 heteroatoms. The standard InChI is InChI=1S/2C18H16N2O3.2B/c1-8-10(3)20-16(19-17(8)22)15-12(18(20)23)6-4-11-5-7-13(21)9(2)14(11)15;1-8-10(3)20-16(19-17(8)22)12-6-4-11-5-7-13(21)9(2)14(11)15(12)18(20)23;;/h2*4-8,10,21H,1-3H3;;/t8?,10-;8-,10?;;/m00../s1. The van der Waals surface area contributed by atoms with Crippen molar-refractivity contribution in [1.82, 2.24) is 9.80 Å². The average Bonchev–Trinajstić information content (AvgIpc) is 3.48. The second kappa shape index (κ2) is 11.8. The van der Waals surface area contributed by atoms with Crippen LogP contribution in [0.25, 0.3) is 21.5 Å². The minimum absolute atomic E-state index is 0. The molecule has 4 heterocycles. The second-order valence-electron chi connectivity index (χ2n) is 12.5. The second-order valence-corrected chi connectivity index (χ2v) is 12.5. The third-order valence-corrected chi connectivity index (χ3v) is 10.1. The van der Waals surface area contributed by atoms with Crippen LogP contribution < -0.4 is 0 Å². The van der Waals surface area contributed by atoms with Crippen molar-refractivity contribution >= 4 is 73.7 Å². The van der Waals surface area contributed by atoms with Gasteiger partial charge in [0.1, 0.15) is 23.2 Å². The number of carbonyl (C=O) groups excluding carboxylic acids is 4. The molecule has 48 heavy (non-hydrogen) atoms. The van der Waals surface area contributed by atoms with Crippen molar-refractivity contribution < 1.29 is 29.4 Å². The first kappa shape index (κ1) is 34.1. The van der Waals surface area contributed by atoms with Crippen LogP contribution in [-0.4, -0.2) is 84.2 Å². The van der Waals surface area contributed by atoms with Gasteiger partial charge in [0.25, 0.3) is 23.6 Å². The lowest BCUT2D eigenvalue weighted by atomic mass is 9.95. The van der Waals surface area contributed by atoms with Crippen molar-refractivity contribution in [2.45, 2.75) is 53.6 Å². The van der Waals surface area contributed by atoms with Gasteiger partial charge in [0.2, 0.25) is 0 Å². The number of phenols is 2. The lowest BCUT2D eigenvalue weighted by molar-refractivity contribution is -0.123. The van der Waals surface area contributed by atoms with Crippen LogP contribution in [0.2, 0.25) is 0 Å². The molecule has 0 aliphatic carbocycles. The summed E-state index contributed by atoms with van der Waals surface area (Å²) in [5, 5.41) is 23.4. The highest BCUT2D eigenvalue weighted by molar-refractivity contribution is 6.32. The van der Waals surface area contributed by atoms with Gasteiger partial charge in [0, 0.05) is 50.8 Å². The van der Waals surface area contributed by atoms with Crippen molar-refractivity contribution in [3.63, 3.8) is 0 Å². The van der Waals surface area contributed by atoms with Gasteiger partial charge in [-0.1, -0.05) is 38.1 Å². The van der Waals surface area contributed by atoms with Crippen molar-refractivity contribution in [3.05, 3.63) is 81.9 Å². The zero-order valence-corrected chi connectivity index (χ0v) is 27.4. The highest BCUT2D eigenvalue weighted by Crippen LogP contribution is 2.40. The van der Waals surface area contributed by atoms with Crippen LogP contribution in [0, 0.1) is 25.7 Å². The number of aliphatic imine (C=N–C) groups is 2. The number of fused-ring (bicyclic) bond motifs is 10. The van der Waals surface area contributed by atoms with Crippen molar-refractivity contribution in [2.24, 2.45) is 21.8 Å². The number of rotatable bonds is 0. The molecule has 4 atom stereocenters. The Morgan fingerprint density at radius 3 is 1.50 bits per heavy atom. The minimum Gasteiger partial charge on any atom is -0.508 e. The summed E-state index contributed by atoms with van der Waals surface area (Å²) in [5.41, 5.74) is 3.76. The zero-order valence-electron chi connectivity index (χ0n) is 27.4. The number of hydrogen-bond donors (Lipinski definition) is 2. The lowest BCUT2D eigenvalue weighted by Crippen LogP contribution is -2.48. The van der Waals surface area contributed by atoms with E-state index < -0.39 is 0 Å². The number of phenolic OH excluding ortho intramolecular Hbond substituents is 2. The quantitative estimate of drug-likeness (QED) is 0.273. The number of carbonyl (C=O) groups is 4. The SMILES string of the molecule is Cc1c(O)ccc2ccc3c(c12)C(=O)N1C3=NC(=O)[C@@H](C)C1C.Cc1c(O)ccc2ccc3c(c12)C1=NC(=O)C(C)[C@H](C)N1C3=O.[B].[B]. The first-order valence-corrected chi connectivity index (χ1v) is 15.3. The molecule has 4 aliphatic rings. The normalized spacial score (nSPS) is 22.1. The van der Waals surface area contributed by atoms with Crippen LogP contribution in [0.15, 0.2) is 58.5 Å². The third-order valence-electron chi connectivity index (χ3n) is 10.1. The van der Waals surface area contributed by atoms with Crippen LogP contribution in [0.5, 0.6) is 11.5 Å². The van der Waals surface area contributed by atoms with Gasteiger partial charge in [-0.2, -0.15) is 9.98 Å². The van der Waals surface area contributed by atoms with E-state index in [1.54, 1.807) is 54.8 Å². The smallest absolute Gasteiger partial charge is 0.261 e. The monoisotopic (exact) mass is 638 g/mol. The molecule has 4 amide bonds.